The molecular weight excluding hydrogens is 372 g/mol. The highest BCUT2D eigenvalue weighted by atomic mass is 32.1. The molecule has 0 fully saturated rings. The topological polar surface area (TPSA) is 72.2 Å². The van der Waals surface area contributed by atoms with Crippen molar-refractivity contribution in [1.82, 2.24) is 4.98 Å². The summed E-state index contributed by atoms with van der Waals surface area (Å²) in [5.41, 5.74) is 5.65. The molecule has 0 atom stereocenters. The lowest BCUT2D eigenvalue weighted by atomic mass is 10.0. The Kier molecular flexibility index (Phi) is 4.79. The number of nitrogens with one attached hydrogen (secondary N) is 1. The van der Waals surface area contributed by atoms with Crippen molar-refractivity contribution in [2.75, 3.05) is 5.32 Å². The zero-order valence-electron chi connectivity index (χ0n) is 15.5. The molecule has 0 aliphatic rings. The van der Waals surface area contributed by atoms with Crippen molar-refractivity contribution in [3.8, 4) is 11.3 Å². The van der Waals surface area contributed by atoms with Crippen molar-refractivity contribution in [3.05, 3.63) is 70.9 Å². The van der Waals surface area contributed by atoms with E-state index in [1.165, 1.54) is 18.3 Å². The second-order valence-electron chi connectivity index (χ2n) is 6.59. The number of amides is 1. The van der Waals surface area contributed by atoms with Crippen molar-refractivity contribution < 1.29 is 14.0 Å². The normalized spacial score (nSPS) is 10.9. The van der Waals surface area contributed by atoms with E-state index in [0.717, 1.165) is 22.2 Å². The molecule has 2 heterocycles. The molecule has 28 heavy (non-hydrogen) atoms. The maximum absolute atomic E-state index is 12.8. The Labute approximate surface area is 166 Å². The minimum atomic E-state index is -0.216. The van der Waals surface area contributed by atoms with Gasteiger partial charge in [0.2, 0.25) is 5.91 Å². The molecule has 0 spiro atoms. The quantitative estimate of drug-likeness (QED) is 0.473. The fraction of sp³-hybridized carbons (Fsp3) is 0.136. The van der Waals surface area contributed by atoms with E-state index >= 15 is 0 Å². The number of benzene rings is 2. The van der Waals surface area contributed by atoms with Crippen LogP contribution in [0.15, 0.2) is 58.5 Å². The Morgan fingerprint density at radius 3 is 2.68 bits per heavy atom. The first kappa shape index (κ1) is 18.1. The number of fused-ring (bicyclic) bond motifs is 1. The van der Waals surface area contributed by atoms with Gasteiger partial charge in [-0.2, -0.15) is 0 Å². The Morgan fingerprint density at radius 1 is 1.14 bits per heavy atom. The van der Waals surface area contributed by atoms with Crippen LogP contribution in [0.25, 0.3) is 22.2 Å². The highest BCUT2D eigenvalue weighted by molar-refractivity contribution is 7.14. The second kappa shape index (κ2) is 7.40. The number of rotatable bonds is 5. The molecule has 0 saturated heterocycles. The Hall–Kier alpha value is -3.25. The Bertz CT molecular complexity index is 1180. The summed E-state index contributed by atoms with van der Waals surface area (Å²) in [5, 5.41) is 4.41. The van der Waals surface area contributed by atoms with Gasteiger partial charge in [-0.15, -0.1) is 11.3 Å². The van der Waals surface area contributed by atoms with Gasteiger partial charge in [-0.3, -0.25) is 9.59 Å². The molecule has 2 aromatic carbocycles. The summed E-state index contributed by atoms with van der Waals surface area (Å²) < 4.78 is 5.73. The number of hydrogen-bond acceptors (Lipinski definition) is 5. The molecule has 5 nitrogen and oxygen atoms in total. The Balaban J connectivity index is 1.63. The summed E-state index contributed by atoms with van der Waals surface area (Å²) in [6.45, 7) is 3.40. The third-order valence-corrected chi connectivity index (χ3v) is 5.21. The number of Topliss-reactive ketones (excluding diaryl/α,β-unsaturated/α-hetero) is 1. The number of nitrogens with zero attached hydrogens (tertiary/aromatic N) is 1. The van der Waals surface area contributed by atoms with Gasteiger partial charge in [-0.1, -0.05) is 42.5 Å². The average molecular weight is 390 g/mol. The molecule has 1 N–H and O–H groups in total. The zero-order chi connectivity index (χ0) is 19.7. The molecular formula is C22H18N2O3S. The van der Waals surface area contributed by atoms with Gasteiger partial charge in [-0.05, 0) is 18.6 Å². The zero-order valence-corrected chi connectivity index (χ0v) is 16.3. The fourth-order valence-corrected chi connectivity index (χ4v) is 3.90. The number of furan rings is 1. The van der Waals surface area contributed by atoms with Crippen LogP contribution in [0.3, 0.4) is 0 Å². The third kappa shape index (κ3) is 3.46. The second-order valence-corrected chi connectivity index (χ2v) is 7.44. The van der Waals surface area contributed by atoms with Gasteiger partial charge >= 0.3 is 0 Å². The lowest BCUT2D eigenvalue weighted by molar-refractivity contribution is -0.115. The van der Waals surface area contributed by atoms with Gasteiger partial charge in [0, 0.05) is 23.4 Å². The van der Waals surface area contributed by atoms with E-state index < -0.39 is 0 Å². The predicted molar refractivity (Wildman–Crippen MR) is 111 cm³/mol. The van der Waals surface area contributed by atoms with Crippen LogP contribution in [-0.4, -0.2) is 16.7 Å². The number of anilines is 1. The lowest BCUT2D eigenvalue weighted by Gasteiger charge is -2.06. The van der Waals surface area contributed by atoms with Crippen LogP contribution in [0.2, 0.25) is 0 Å². The first-order valence-electron chi connectivity index (χ1n) is 8.84. The molecule has 4 aromatic rings. The molecule has 4 rings (SSSR count). The van der Waals surface area contributed by atoms with Crippen LogP contribution in [0, 0.1) is 6.92 Å². The SMILES string of the molecule is CC(=O)c1oc2cc(C)ccc2c1CC(=O)Nc1scnc1-c1ccccc1. The minimum absolute atomic E-state index is 0.0527. The molecule has 0 aliphatic carbocycles. The summed E-state index contributed by atoms with van der Waals surface area (Å²) in [7, 11) is 0. The van der Waals surface area contributed by atoms with E-state index in [9.17, 15) is 9.59 Å². The summed E-state index contributed by atoms with van der Waals surface area (Å²) in [6.07, 6.45) is 0.0527. The van der Waals surface area contributed by atoms with Gasteiger partial charge in [-0.25, -0.2) is 4.98 Å². The number of hydrogen-bond donors (Lipinski definition) is 1. The molecule has 140 valence electrons. The predicted octanol–water partition coefficient (Wildman–Crippen LogP) is 5.25. The number of aromatic nitrogens is 1. The number of carbonyl (C=O) groups excluding carboxylic acids is 2. The van der Waals surface area contributed by atoms with Crippen LogP contribution in [0.1, 0.15) is 28.6 Å². The fourth-order valence-electron chi connectivity index (χ4n) is 3.18. The molecule has 0 saturated carbocycles. The molecule has 0 radical (unpaired) electrons. The summed E-state index contributed by atoms with van der Waals surface area (Å²) in [5.74, 6) is -0.171. The van der Waals surface area contributed by atoms with Crippen molar-refractivity contribution in [2.45, 2.75) is 20.3 Å². The van der Waals surface area contributed by atoms with E-state index in [1.54, 1.807) is 5.51 Å². The van der Waals surface area contributed by atoms with Crippen LogP contribution >= 0.6 is 11.3 Å². The summed E-state index contributed by atoms with van der Waals surface area (Å²) in [6, 6.07) is 15.4. The van der Waals surface area contributed by atoms with Crippen LogP contribution in [0.4, 0.5) is 5.00 Å². The van der Waals surface area contributed by atoms with Crippen molar-refractivity contribution >= 4 is 39.0 Å². The monoisotopic (exact) mass is 390 g/mol. The van der Waals surface area contributed by atoms with Crippen molar-refractivity contribution in [3.63, 3.8) is 0 Å². The van der Waals surface area contributed by atoms with E-state index in [1.807, 2.05) is 55.5 Å². The molecule has 0 aliphatic heterocycles. The smallest absolute Gasteiger partial charge is 0.229 e. The summed E-state index contributed by atoms with van der Waals surface area (Å²) >= 11 is 1.37. The molecule has 2 aromatic heterocycles. The highest BCUT2D eigenvalue weighted by Crippen LogP contribution is 2.31. The highest BCUT2D eigenvalue weighted by Gasteiger charge is 2.21. The molecule has 0 unspecified atom stereocenters. The minimum Gasteiger partial charge on any atom is -0.453 e. The average Bonchev–Trinajstić information content (AvgIpc) is 3.27. The van der Waals surface area contributed by atoms with E-state index in [2.05, 4.69) is 10.3 Å². The first-order valence-corrected chi connectivity index (χ1v) is 9.72. The van der Waals surface area contributed by atoms with Crippen LogP contribution in [-0.2, 0) is 11.2 Å². The standard InChI is InChI=1S/C22H18N2O3S/c1-13-8-9-16-17(21(14(2)25)27-18(16)10-13)11-19(26)24-22-20(23-12-28-22)15-6-4-3-5-7-15/h3-10,12H,11H2,1-2H3,(H,24,26). The maximum atomic E-state index is 12.8. The largest absolute Gasteiger partial charge is 0.453 e. The number of thiazole rings is 1. The van der Waals surface area contributed by atoms with Crippen molar-refractivity contribution in [1.29, 1.82) is 0 Å². The van der Waals surface area contributed by atoms with Gasteiger partial charge in [0.25, 0.3) is 0 Å². The summed E-state index contributed by atoms with van der Waals surface area (Å²) in [4.78, 5) is 29.2. The van der Waals surface area contributed by atoms with E-state index in [4.69, 9.17) is 4.42 Å². The van der Waals surface area contributed by atoms with Gasteiger partial charge < -0.3 is 9.73 Å². The number of ketones is 1. The molecule has 6 heteroatoms. The molecule has 0 bridgehead atoms. The Morgan fingerprint density at radius 2 is 1.93 bits per heavy atom. The molecule has 1 amide bonds. The van der Waals surface area contributed by atoms with E-state index in [-0.39, 0.29) is 23.9 Å². The van der Waals surface area contributed by atoms with Gasteiger partial charge in [0.15, 0.2) is 11.5 Å². The number of aryl methyl sites for hydroxylation is 1. The first-order chi connectivity index (χ1) is 13.5. The lowest BCUT2D eigenvalue weighted by Crippen LogP contribution is -2.15. The van der Waals surface area contributed by atoms with Gasteiger partial charge in [0.1, 0.15) is 16.3 Å². The van der Waals surface area contributed by atoms with Crippen LogP contribution < -0.4 is 5.32 Å². The third-order valence-electron chi connectivity index (χ3n) is 4.47. The van der Waals surface area contributed by atoms with Gasteiger partial charge in [0.05, 0.1) is 11.9 Å². The van der Waals surface area contributed by atoms with Crippen molar-refractivity contribution in [2.24, 2.45) is 0 Å². The van der Waals surface area contributed by atoms with Crippen LogP contribution in [0.5, 0.6) is 0 Å². The number of carbonyl (C=O) groups is 2. The van der Waals surface area contributed by atoms with E-state index in [0.29, 0.717) is 16.1 Å². The maximum Gasteiger partial charge on any atom is 0.229 e.